The van der Waals surface area contributed by atoms with Gasteiger partial charge in [0, 0.05) is 37.1 Å². The van der Waals surface area contributed by atoms with Crippen molar-refractivity contribution in [1.29, 1.82) is 0 Å². The normalized spacial score (nSPS) is 11.3. The summed E-state index contributed by atoms with van der Waals surface area (Å²) in [6.07, 6.45) is 1.51. The molecule has 0 bridgehead atoms. The second-order valence-corrected chi connectivity index (χ2v) is 7.68. The lowest BCUT2D eigenvalue weighted by atomic mass is 10.1. The van der Waals surface area contributed by atoms with Gasteiger partial charge in [-0.25, -0.2) is 4.79 Å². The van der Waals surface area contributed by atoms with E-state index in [1.165, 1.54) is 17.8 Å². The predicted octanol–water partition coefficient (Wildman–Crippen LogP) is 4.89. The molecule has 0 aliphatic carbocycles. The molecule has 2 N–H and O–H groups in total. The Hall–Kier alpha value is -4.13. The second kappa shape index (κ2) is 6.98. The van der Waals surface area contributed by atoms with Gasteiger partial charge in [0.15, 0.2) is 0 Å². The summed E-state index contributed by atoms with van der Waals surface area (Å²) in [5, 5.41) is 15.2. The fourth-order valence-corrected chi connectivity index (χ4v) is 4.03. The SMILES string of the molecule is Cc1cccc(N(C)c2ccc3c(-c4cc5nccc(C(=O)O)c5[nH]4)n(C)nc3c2)c1. The number of nitrogens with one attached hydrogen (secondary N) is 1. The third-order valence-corrected chi connectivity index (χ3v) is 5.60. The van der Waals surface area contributed by atoms with Gasteiger partial charge in [0.2, 0.25) is 0 Å². The fourth-order valence-electron chi connectivity index (χ4n) is 4.03. The smallest absolute Gasteiger partial charge is 0.337 e. The summed E-state index contributed by atoms with van der Waals surface area (Å²) >= 11 is 0. The Morgan fingerprint density at radius 1 is 1.06 bits per heavy atom. The molecule has 0 unspecified atom stereocenters. The number of aromatic nitrogens is 4. The minimum Gasteiger partial charge on any atom is -0.478 e. The van der Waals surface area contributed by atoms with Crippen molar-refractivity contribution in [3.63, 3.8) is 0 Å². The van der Waals surface area contributed by atoms with Crippen molar-refractivity contribution in [2.24, 2.45) is 7.05 Å². The molecular weight excluding hydrogens is 390 g/mol. The van der Waals surface area contributed by atoms with Gasteiger partial charge in [-0.1, -0.05) is 12.1 Å². The third kappa shape index (κ3) is 3.11. The number of aromatic carboxylic acids is 1. The topological polar surface area (TPSA) is 87.0 Å². The first kappa shape index (κ1) is 18.9. The Morgan fingerprint density at radius 3 is 2.65 bits per heavy atom. The maximum Gasteiger partial charge on any atom is 0.337 e. The molecule has 0 radical (unpaired) electrons. The van der Waals surface area contributed by atoms with E-state index < -0.39 is 5.97 Å². The molecule has 0 fully saturated rings. The van der Waals surface area contributed by atoms with Gasteiger partial charge in [-0.05, 0) is 55.0 Å². The quantitative estimate of drug-likeness (QED) is 0.440. The summed E-state index contributed by atoms with van der Waals surface area (Å²) in [6, 6.07) is 17.9. The number of aryl methyl sites for hydroxylation is 2. The first-order valence-electron chi connectivity index (χ1n) is 9.91. The molecule has 7 heteroatoms. The zero-order chi connectivity index (χ0) is 21.7. The van der Waals surface area contributed by atoms with Gasteiger partial charge in [-0.3, -0.25) is 9.67 Å². The largest absolute Gasteiger partial charge is 0.478 e. The zero-order valence-electron chi connectivity index (χ0n) is 17.4. The summed E-state index contributed by atoms with van der Waals surface area (Å²) in [7, 11) is 3.92. The van der Waals surface area contributed by atoms with E-state index in [0.717, 1.165) is 33.7 Å². The van der Waals surface area contributed by atoms with Crippen molar-refractivity contribution in [3.8, 4) is 11.4 Å². The highest BCUT2D eigenvalue weighted by Gasteiger charge is 2.18. The van der Waals surface area contributed by atoms with Crippen LogP contribution in [-0.2, 0) is 7.05 Å². The Morgan fingerprint density at radius 2 is 1.87 bits per heavy atom. The summed E-state index contributed by atoms with van der Waals surface area (Å²) in [6.45, 7) is 2.08. The number of carboxylic acid groups (broad SMARTS) is 1. The van der Waals surface area contributed by atoms with E-state index >= 15 is 0 Å². The Balaban J connectivity index is 1.61. The lowest BCUT2D eigenvalue weighted by Crippen LogP contribution is -2.09. The zero-order valence-corrected chi connectivity index (χ0v) is 17.4. The van der Waals surface area contributed by atoms with Crippen molar-refractivity contribution < 1.29 is 9.90 Å². The molecule has 3 aromatic heterocycles. The van der Waals surface area contributed by atoms with Crippen molar-refractivity contribution in [2.45, 2.75) is 6.92 Å². The Labute approximate surface area is 178 Å². The molecule has 0 amide bonds. The van der Waals surface area contributed by atoms with Gasteiger partial charge in [-0.15, -0.1) is 0 Å². The summed E-state index contributed by atoms with van der Waals surface area (Å²) in [5.41, 5.74) is 7.20. The van der Waals surface area contributed by atoms with Crippen LogP contribution in [0.1, 0.15) is 15.9 Å². The molecule has 0 aliphatic rings. The lowest BCUT2D eigenvalue weighted by Gasteiger charge is -2.20. The fraction of sp³-hybridized carbons (Fsp3) is 0.125. The van der Waals surface area contributed by atoms with Crippen LogP contribution in [0.25, 0.3) is 33.3 Å². The van der Waals surface area contributed by atoms with Crippen LogP contribution in [0.3, 0.4) is 0 Å². The molecule has 0 saturated carbocycles. The number of carbonyl (C=O) groups is 1. The predicted molar refractivity (Wildman–Crippen MR) is 122 cm³/mol. The molecule has 7 nitrogen and oxygen atoms in total. The van der Waals surface area contributed by atoms with Gasteiger partial charge in [-0.2, -0.15) is 5.10 Å². The number of carboxylic acids is 1. The van der Waals surface area contributed by atoms with Crippen LogP contribution in [0.2, 0.25) is 0 Å². The lowest BCUT2D eigenvalue weighted by molar-refractivity contribution is 0.0698. The van der Waals surface area contributed by atoms with Crippen molar-refractivity contribution in [2.75, 3.05) is 11.9 Å². The third-order valence-electron chi connectivity index (χ3n) is 5.60. The van der Waals surface area contributed by atoms with E-state index in [9.17, 15) is 9.90 Å². The minimum absolute atomic E-state index is 0.199. The maximum atomic E-state index is 11.6. The molecule has 0 aliphatic heterocycles. The number of fused-ring (bicyclic) bond motifs is 2. The van der Waals surface area contributed by atoms with E-state index in [1.54, 1.807) is 0 Å². The first-order chi connectivity index (χ1) is 14.9. The molecule has 3 heterocycles. The number of rotatable bonds is 4. The van der Waals surface area contributed by atoms with Crippen LogP contribution in [0.5, 0.6) is 0 Å². The Bertz CT molecular complexity index is 1460. The molecule has 31 heavy (non-hydrogen) atoms. The number of anilines is 2. The monoisotopic (exact) mass is 411 g/mol. The summed E-state index contributed by atoms with van der Waals surface area (Å²) in [4.78, 5) is 21.2. The van der Waals surface area contributed by atoms with Crippen LogP contribution in [0, 0.1) is 6.92 Å². The number of benzene rings is 2. The molecule has 0 spiro atoms. The molecule has 5 rings (SSSR count). The van der Waals surface area contributed by atoms with Crippen LogP contribution < -0.4 is 4.90 Å². The number of H-pyrrole nitrogens is 1. The average Bonchev–Trinajstić information content (AvgIpc) is 3.31. The van der Waals surface area contributed by atoms with Crippen LogP contribution in [-0.4, -0.2) is 37.9 Å². The molecule has 0 atom stereocenters. The maximum absolute atomic E-state index is 11.6. The van der Waals surface area contributed by atoms with Gasteiger partial charge in [0.25, 0.3) is 0 Å². The van der Waals surface area contributed by atoms with Crippen LogP contribution in [0.15, 0.2) is 60.8 Å². The molecular formula is C24H21N5O2. The van der Waals surface area contributed by atoms with Crippen LogP contribution >= 0.6 is 0 Å². The number of nitrogens with zero attached hydrogens (tertiary/aromatic N) is 4. The van der Waals surface area contributed by atoms with Crippen molar-refractivity contribution >= 4 is 39.3 Å². The summed E-state index contributed by atoms with van der Waals surface area (Å²) < 4.78 is 1.81. The Kier molecular flexibility index (Phi) is 4.25. The highest BCUT2D eigenvalue weighted by atomic mass is 16.4. The number of hydrogen-bond donors (Lipinski definition) is 2. The first-order valence-corrected chi connectivity index (χ1v) is 9.91. The highest BCUT2D eigenvalue weighted by molar-refractivity contribution is 6.03. The van der Waals surface area contributed by atoms with Crippen molar-refractivity contribution in [1.82, 2.24) is 19.7 Å². The molecule has 5 aromatic rings. The van der Waals surface area contributed by atoms with E-state index in [4.69, 9.17) is 5.10 Å². The average molecular weight is 411 g/mol. The number of aromatic amines is 1. The summed E-state index contributed by atoms with van der Waals surface area (Å²) in [5.74, 6) is -0.987. The highest BCUT2D eigenvalue weighted by Crippen LogP contribution is 2.33. The van der Waals surface area contributed by atoms with Gasteiger partial charge >= 0.3 is 5.97 Å². The van der Waals surface area contributed by atoms with E-state index in [1.807, 2.05) is 30.9 Å². The molecule has 154 valence electrons. The molecule has 0 saturated heterocycles. The van der Waals surface area contributed by atoms with Crippen molar-refractivity contribution in [3.05, 3.63) is 71.9 Å². The van der Waals surface area contributed by atoms with Gasteiger partial charge in [0.1, 0.15) is 0 Å². The standard InChI is InChI=1S/C24H21N5O2/c1-14-5-4-6-15(11-14)28(2)16-7-8-17-19(12-16)27-29(3)23(17)21-13-20-22(26-21)18(24(30)31)9-10-25-20/h4-13,26H,1-3H3,(H,30,31). The van der Waals surface area contributed by atoms with E-state index in [-0.39, 0.29) is 5.56 Å². The number of pyridine rings is 1. The van der Waals surface area contributed by atoms with E-state index in [0.29, 0.717) is 11.0 Å². The van der Waals surface area contributed by atoms with Gasteiger partial charge < -0.3 is 15.0 Å². The van der Waals surface area contributed by atoms with Crippen LogP contribution in [0.4, 0.5) is 11.4 Å². The van der Waals surface area contributed by atoms with Gasteiger partial charge in [0.05, 0.1) is 33.5 Å². The molecule has 2 aromatic carbocycles. The van der Waals surface area contributed by atoms with E-state index in [2.05, 4.69) is 58.2 Å². The number of hydrogen-bond acceptors (Lipinski definition) is 4. The minimum atomic E-state index is -0.987. The second-order valence-electron chi connectivity index (χ2n) is 7.68.